The summed E-state index contributed by atoms with van der Waals surface area (Å²) in [5, 5.41) is 2.59. The van der Waals surface area contributed by atoms with Gasteiger partial charge in [-0.2, -0.15) is 0 Å². The third-order valence-corrected chi connectivity index (χ3v) is 6.01. The van der Waals surface area contributed by atoms with Crippen molar-refractivity contribution in [1.82, 2.24) is 10.2 Å². The van der Waals surface area contributed by atoms with Crippen LogP contribution in [0.25, 0.3) is 0 Å². The Morgan fingerprint density at radius 3 is 2.16 bits per heavy atom. The van der Waals surface area contributed by atoms with Crippen molar-refractivity contribution in [1.29, 1.82) is 0 Å². The van der Waals surface area contributed by atoms with Gasteiger partial charge in [0.15, 0.2) is 0 Å². The van der Waals surface area contributed by atoms with Crippen molar-refractivity contribution >= 4 is 27.5 Å². The molecule has 0 heterocycles. The van der Waals surface area contributed by atoms with Gasteiger partial charge in [-0.15, -0.1) is 0 Å². The Morgan fingerprint density at radius 2 is 1.68 bits per heavy atom. The van der Waals surface area contributed by atoms with Crippen molar-refractivity contribution in [2.75, 3.05) is 31.3 Å². The van der Waals surface area contributed by atoms with Crippen molar-refractivity contribution in [3.8, 4) is 5.75 Å². The molecule has 1 atom stereocenters. The molecule has 0 saturated carbocycles. The first-order chi connectivity index (χ1) is 14.7. The third-order valence-electron chi connectivity index (χ3n) is 4.87. The quantitative estimate of drug-likeness (QED) is 0.601. The second-order valence-corrected chi connectivity index (χ2v) is 8.92. The number of likely N-dealkylation sites (N-methyl/N-ethyl adjacent to an activating group) is 1. The smallest absolute Gasteiger partial charge is 0.244 e. The Hall–Kier alpha value is -3.07. The van der Waals surface area contributed by atoms with E-state index >= 15 is 0 Å². The molecular formula is C22H29N3O5S. The Bertz CT molecular complexity index is 978. The molecule has 2 rings (SSSR count). The molecule has 0 aliphatic heterocycles. The van der Waals surface area contributed by atoms with E-state index in [4.69, 9.17) is 4.74 Å². The second-order valence-electron chi connectivity index (χ2n) is 7.01. The fourth-order valence-corrected chi connectivity index (χ4v) is 4.08. The number of ether oxygens (including phenoxy) is 1. The molecule has 2 aromatic carbocycles. The summed E-state index contributed by atoms with van der Waals surface area (Å²) in [6.07, 6.45) is 1.43. The highest BCUT2D eigenvalue weighted by Crippen LogP contribution is 2.22. The summed E-state index contributed by atoms with van der Waals surface area (Å²) in [7, 11) is -0.731. The van der Waals surface area contributed by atoms with Crippen LogP contribution >= 0.6 is 0 Å². The normalized spacial score (nSPS) is 12.0. The van der Waals surface area contributed by atoms with Gasteiger partial charge in [0.2, 0.25) is 21.8 Å². The maximum Gasteiger partial charge on any atom is 0.244 e. The number of carbonyl (C=O) groups is 2. The van der Waals surface area contributed by atoms with Crippen LogP contribution in [0.1, 0.15) is 18.9 Å². The number of nitrogens with one attached hydrogen (secondary N) is 1. The van der Waals surface area contributed by atoms with E-state index in [0.29, 0.717) is 17.9 Å². The molecule has 0 aliphatic carbocycles. The zero-order valence-corrected chi connectivity index (χ0v) is 19.1. The van der Waals surface area contributed by atoms with Crippen molar-refractivity contribution < 1.29 is 22.7 Å². The number of benzene rings is 2. The van der Waals surface area contributed by atoms with Gasteiger partial charge in [-0.1, -0.05) is 37.3 Å². The first kappa shape index (κ1) is 24.2. The van der Waals surface area contributed by atoms with E-state index in [9.17, 15) is 18.0 Å². The number of anilines is 1. The van der Waals surface area contributed by atoms with Crippen LogP contribution in [0.2, 0.25) is 0 Å². The molecular weight excluding hydrogens is 418 g/mol. The Balaban J connectivity index is 2.38. The lowest BCUT2D eigenvalue weighted by atomic mass is 10.1. The van der Waals surface area contributed by atoms with E-state index in [1.807, 2.05) is 37.3 Å². The minimum Gasteiger partial charge on any atom is -0.497 e. The molecule has 0 fully saturated rings. The number of amides is 2. The average Bonchev–Trinajstić information content (AvgIpc) is 2.77. The lowest BCUT2D eigenvalue weighted by Gasteiger charge is -2.32. The molecule has 31 heavy (non-hydrogen) atoms. The fraction of sp³-hybridized carbons (Fsp3) is 0.364. The van der Waals surface area contributed by atoms with Crippen molar-refractivity contribution in [3.63, 3.8) is 0 Å². The topological polar surface area (TPSA) is 96.0 Å². The Morgan fingerprint density at radius 1 is 1.06 bits per heavy atom. The number of hydrogen-bond acceptors (Lipinski definition) is 5. The highest BCUT2D eigenvalue weighted by Gasteiger charge is 2.31. The zero-order chi connectivity index (χ0) is 23.0. The molecule has 2 aromatic rings. The molecule has 1 N–H and O–H groups in total. The fourth-order valence-electron chi connectivity index (χ4n) is 3.23. The van der Waals surface area contributed by atoms with Crippen LogP contribution in [0, 0.1) is 0 Å². The molecule has 0 saturated heterocycles. The zero-order valence-electron chi connectivity index (χ0n) is 18.2. The van der Waals surface area contributed by atoms with Crippen LogP contribution in [0.5, 0.6) is 5.75 Å². The number of hydrogen-bond donors (Lipinski definition) is 1. The standard InChI is InChI=1S/C22H29N3O5S/c1-5-20(22(27)23-2)24(15-17-9-7-6-8-10-17)21(26)16-25(31(4,28)29)18-11-13-19(30-3)14-12-18/h6-14,20H,5,15-16H2,1-4H3,(H,23,27)/t20-/m1/s1. The maximum atomic E-state index is 13.3. The van der Waals surface area contributed by atoms with Crippen LogP contribution in [0.4, 0.5) is 5.69 Å². The van der Waals surface area contributed by atoms with E-state index in [2.05, 4.69) is 5.32 Å². The highest BCUT2D eigenvalue weighted by molar-refractivity contribution is 7.92. The predicted molar refractivity (Wildman–Crippen MR) is 120 cm³/mol. The highest BCUT2D eigenvalue weighted by atomic mass is 32.2. The van der Waals surface area contributed by atoms with Crippen LogP contribution in [-0.4, -0.2) is 58.1 Å². The lowest BCUT2D eigenvalue weighted by molar-refractivity contribution is -0.140. The van der Waals surface area contributed by atoms with Gasteiger partial charge in [0.05, 0.1) is 19.1 Å². The predicted octanol–water partition coefficient (Wildman–Crippen LogP) is 2.01. The molecule has 0 unspecified atom stereocenters. The molecule has 0 aromatic heterocycles. The van der Waals surface area contributed by atoms with Gasteiger partial charge in [-0.3, -0.25) is 13.9 Å². The van der Waals surface area contributed by atoms with Crippen molar-refractivity contribution in [2.24, 2.45) is 0 Å². The van der Waals surface area contributed by atoms with Gasteiger partial charge in [-0.25, -0.2) is 8.42 Å². The molecule has 0 spiro atoms. The largest absolute Gasteiger partial charge is 0.497 e. The summed E-state index contributed by atoms with van der Waals surface area (Å²) in [6, 6.07) is 14.9. The summed E-state index contributed by atoms with van der Waals surface area (Å²) >= 11 is 0. The van der Waals surface area contributed by atoms with Crippen LogP contribution < -0.4 is 14.4 Å². The van der Waals surface area contributed by atoms with Crippen molar-refractivity contribution in [3.05, 3.63) is 60.2 Å². The maximum absolute atomic E-state index is 13.3. The van der Waals surface area contributed by atoms with Crippen molar-refractivity contribution in [2.45, 2.75) is 25.9 Å². The summed E-state index contributed by atoms with van der Waals surface area (Å²) in [6.45, 7) is 1.57. The SMILES string of the molecule is CC[C@H](C(=O)NC)N(Cc1ccccc1)C(=O)CN(c1ccc(OC)cc1)S(C)(=O)=O. The molecule has 2 amide bonds. The molecule has 8 nitrogen and oxygen atoms in total. The van der Waals surface area contributed by atoms with Gasteiger partial charge in [0.1, 0.15) is 18.3 Å². The van der Waals surface area contributed by atoms with Gasteiger partial charge in [0, 0.05) is 13.6 Å². The summed E-state index contributed by atoms with van der Waals surface area (Å²) in [4.78, 5) is 27.2. The molecule has 0 radical (unpaired) electrons. The number of carbonyl (C=O) groups excluding carboxylic acids is 2. The van der Waals surface area contributed by atoms with Crippen LogP contribution in [-0.2, 0) is 26.2 Å². The van der Waals surface area contributed by atoms with E-state index in [-0.39, 0.29) is 12.5 Å². The monoisotopic (exact) mass is 447 g/mol. The number of rotatable bonds is 10. The number of methoxy groups -OCH3 is 1. The van der Waals surface area contributed by atoms with Crippen LogP contribution in [0.15, 0.2) is 54.6 Å². The second kappa shape index (κ2) is 10.8. The first-order valence-corrected chi connectivity index (χ1v) is 11.7. The van der Waals surface area contributed by atoms with Gasteiger partial charge in [0.25, 0.3) is 0 Å². The molecule has 0 bridgehead atoms. The van der Waals surface area contributed by atoms with Gasteiger partial charge >= 0.3 is 0 Å². The third kappa shape index (κ3) is 6.45. The van der Waals surface area contributed by atoms with E-state index < -0.39 is 28.5 Å². The summed E-state index contributed by atoms with van der Waals surface area (Å²) < 4.78 is 31.1. The lowest BCUT2D eigenvalue weighted by Crippen LogP contribution is -2.51. The van der Waals surface area contributed by atoms with E-state index in [1.54, 1.807) is 24.3 Å². The molecule has 0 aliphatic rings. The minimum absolute atomic E-state index is 0.186. The number of nitrogens with zero attached hydrogens (tertiary/aromatic N) is 2. The average molecular weight is 448 g/mol. The van der Waals surface area contributed by atoms with Crippen LogP contribution in [0.3, 0.4) is 0 Å². The Labute approximate surface area is 183 Å². The minimum atomic E-state index is -3.75. The first-order valence-electron chi connectivity index (χ1n) is 9.88. The summed E-state index contributed by atoms with van der Waals surface area (Å²) in [5.74, 6) is -0.206. The van der Waals surface area contributed by atoms with E-state index in [1.165, 1.54) is 19.1 Å². The van der Waals surface area contributed by atoms with E-state index in [0.717, 1.165) is 16.1 Å². The Kier molecular flexibility index (Phi) is 8.44. The van der Waals surface area contributed by atoms with Gasteiger partial charge < -0.3 is 15.0 Å². The number of sulfonamides is 1. The molecule has 168 valence electrons. The molecule has 9 heteroatoms. The van der Waals surface area contributed by atoms with Gasteiger partial charge in [-0.05, 0) is 36.2 Å². The summed E-state index contributed by atoms with van der Waals surface area (Å²) in [5.41, 5.74) is 1.18.